The molecule has 0 atom stereocenters. The van der Waals surface area contributed by atoms with E-state index in [-0.39, 0.29) is 36.4 Å². The van der Waals surface area contributed by atoms with Crippen LogP contribution in [0.25, 0.3) is 5.57 Å². The fourth-order valence-electron chi connectivity index (χ4n) is 13.7. The summed E-state index contributed by atoms with van der Waals surface area (Å²) in [6, 6.07) is 16.8. The normalized spacial score (nSPS) is 16.7. The minimum atomic E-state index is -1.06. The number of carboxylic acid groups (broad SMARTS) is 1. The second-order valence-corrected chi connectivity index (χ2v) is 25.5. The summed E-state index contributed by atoms with van der Waals surface area (Å²) in [6.45, 7) is 12.8. The van der Waals surface area contributed by atoms with Gasteiger partial charge in [-0.3, -0.25) is 24.3 Å². The second kappa shape index (κ2) is 26.3. The summed E-state index contributed by atoms with van der Waals surface area (Å²) < 4.78 is 7.26. The Kier molecular flexibility index (Phi) is 18.0. The molecule has 4 N–H and O–H groups in total. The summed E-state index contributed by atoms with van der Waals surface area (Å²) in [5, 5.41) is 23.3. The fourth-order valence-corrected chi connectivity index (χ4v) is 14.7. The summed E-state index contributed by atoms with van der Waals surface area (Å²) in [5.74, 6) is 2.20. The molecule has 0 unspecified atom stereocenters. The van der Waals surface area contributed by atoms with Gasteiger partial charge in [-0.15, -0.1) is 0 Å². The molecule has 12 rings (SSSR count). The van der Waals surface area contributed by atoms with Crippen molar-refractivity contribution < 1.29 is 29.0 Å². The average molecular weight is 1200 g/mol. The quantitative estimate of drug-likeness (QED) is 0.0593. The molecule has 1 saturated heterocycles. The van der Waals surface area contributed by atoms with Gasteiger partial charge in [-0.2, -0.15) is 0 Å². The molecule has 4 aromatic carbocycles. The first-order valence-corrected chi connectivity index (χ1v) is 32.5. The van der Waals surface area contributed by atoms with Gasteiger partial charge in [0.25, 0.3) is 11.8 Å². The summed E-state index contributed by atoms with van der Waals surface area (Å²) in [6.07, 6.45) is 18.0. The molecule has 2 fully saturated rings. The van der Waals surface area contributed by atoms with E-state index in [2.05, 4.69) is 59.7 Å². The van der Waals surface area contributed by atoms with Crippen molar-refractivity contribution in [3.8, 4) is 11.5 Å². The number of aromatic carboxylic acids is 1. The zero-order valence-corrected chi connectivity index (χ0v) is 51.4. The lowest BCUT2D eigenvalue weighted by molar-refractivity contribution is -0.133. The number of ether oxygens (including phenoxy) is 1. The number of aryl methyl sites for hydroxylation is 4. The van der Waals surface area contributed by atoms with Gasteiger partial charge in [0, 0.05) is 110 Å². The third-order valence-corrected chi connectivity index (χ3v) is 19.3. The highest BCUT2D eigenvalue weighted by Crippen LogP contribution is 2.49. The van der Waals surface area contributed by atoms with Gasteiger partial charge < -0.3 is 40.5 Å². The Morgan fingerprint density at radius 3 is 2.44 bits per heavy atom. The van der Waals surface area contributed by atoms with Gasteiger partial charge in [0.1, 0.15) is 33.8 Å². The SMILES string of the molecule is CCCCc1cc2c(c3c1=NCCC3)Oc1c(cc3c4c1CCCN4CCCC3)C=2c1cc(C(=O)NCCN(CC2CCCCCC2)C(=O)CN2CCN(c3cc(Nc4ncc(C(=O)Nc5c(C)cccc5Cl)s4)nc(C)n3)CC2)ccc1C(=O)O. The number of fused-ring (bicyclic) bond motifs is 5. The van der Waals surface area contributed by atoms with E-state index in [1.165, 1.54) is 47.2 Å². The molecule has 0 bridgehead atoms. The minimum absolute atomic E-state index is 0.0366. The van der Waals surface area contributed by atoms with Crippen LogP contribution in [0.4, 0.5) is 28.1 Å². The number of unbranched alkanes of at least 4 members (excludes halogenated alkanes) is 1. The smallest absolute Gasteiger partial charge is 0.336 e. The number of rotatable bonds is 18. The molecule has 17 nitrogen and oxygen atoms in total. The summed E-state index contributed by atoms with van der Waals surface area (Å²) >= 11 is 7.59. The Balaban J connectivity index is 0.758. The fraction of sp³-hybridized carbons (Fsp3) is 0.463. The Morgan fingerprint density at radius 2 is 1.64 bits per heavy atom. The number of hydrogen-bond acceptors (Lipinski definition) is 14. The van der Waals surface area contributed by atoms with E-state index in [9.17, 15) is 24.3 Å². The molecule has 5 aliphatic heterocycles. The van der Waals surface area contributed by atoms with E-state index in [4.69, 9.17) is 26.3 Å². The molecule has 3 amide bonds. The number of carbonyl (C=O) groups is 4. The zero-order valence-electron chi connectivity index (χ0n) is 49.8. The van der Waals surface area contributed by atoms with Crippen LogP contribution in [-0.2, 0) is 30.5 Å². The molecule has 0 radical (unpaired) electrons. The predicted molar refractivity (Wildman–Crippen MR) is 339 cm³/mol. The highest BCUT2D eigenvalue weighted by Gasteiger charge is 2.35. The summed E-state index contributed by atoms with van der Waals surface area (Å²) in [4.78, 5) is 84.1. The summed E-state index contributed by atoms with van der Waals surface area (Å²) in [7, 11) is 0. The maximum Gasteiger partial charge on any atom is 0.336 e. The van der Waals surface area contributed by atoms with Crippen molar-refractivity contribution in [2.24, 2.45) is 10.9 Å². The Morgan fingerprint density at radius 1 is 0.826 bits per heavy atom. The predicted octanol–water partition coefficient (Wildman–Crippen LogP) is 10.6. The molecule has 6 aliphatic rings. The van der Waals surface area contributed by atoms with Crippen molar-refractivity contribution in [1.29, 1.82) is 0 Å². The molecule has 450 valence electrons. The van der Waals surface area contributed by atoms with E-state index < -0.39 is 5.97 Å². The lowest BCUT2D eigenvalue weighted by atomic mass is 9.82. The third-order valence-electron chi connectivity index (χ3n) is 18.1. The van der Waals surface area contributed by atoms with E-state index >= 15 is 0 Å². The lowest BCUT2D eigenvalue weighted by Crippen LogP contribution is -2.51. The second-order valence-electron chi connectivity index (χ2n) is 24.1. The van der Waals surface area contributed by atoms with Crippen LogP contribution in [0.15, 0.2) is 65.8 Å². The number of nitrogens with zero attached hydrogens (tertiary/aromatic N) is 8. The van der Waals surface area contributed by atoms with Gasteiger partial charge in [-0.05, 0) is 149 Å². The Labute approximate surface area is 512 Å². The topological polar surface area (TPSA) is 198 Å². The van der Waals surface area contributed by atoms with Crippen LogP contribution in [0, 0.1) is 19.8 Å². The first-order chi connectivity index (χ1) is 41.9. The van der Waals surface area contributed by atoms with Crippen LogP contribution in [0.5, 0.6) is 11.5 Å². The van der Waals surface area contributed by atoms with Crippen LogP contribution in [0.1, 0.15) is 159 Å². The molecular weight excluding hydrogens is 1120 g/mol. The number of amides is 3. The van der Waals surface area contributed by atoms with E-state index in [1.54, 1.807) is 24.3 Å². The molecule has 7 heterocycles. The van der Waals surface area contributed by atoms with Crippen molar-refractivity contribution >= 4 is 80.3 Å². The van der Waals surface area contributed by atoms with Crippen molar-refractivity contribution in [3.05, 3.63) is 137 Å². The first-order valence-electron chi connectivity index (χ1n) is 31.3. The van der Waals surface area contributed by atoms with Gasteiger partial charge in [-0.1, -0.05) is 74.1 Å². The van der Waals surface area contributed by atoms with E-state index in [0.717, 1.165) is 165 Å². The maximum atomic E-state index is 14.6. The van der Waals surface area contributed by atoms with E-state index in [0.29, 0.717) is 88.7 Å². The van der Waals surface area contributed by atoms with Gasteiger partial charge in [-0.25, -0.2) is 19.7 Å². The standard InChI is InChI=1S/C67H78ClN11O6S/c1-4-5-18-44-34-51-58(52-35-45-19-10-11-27-78-28-14-21-49(61(45)78)63(52)85-62(51)48-20-13-25-69-60(44)48)50-36-46(23-24-47(50)66(83)84)64(81)70-26-29-79(39-43-16-8-6-7-9-17-43)57(80)40-76-30-32-77(33-31-76)56-37-55(72-42(3)73-56)74-67-71-38-54(86-67)65(82)75-59-41(2)15-12-22-53(59)68/h12,15,22-24,34-38,43H,4-11,13-14,16-21,25-33,39-40H2,1-3H3,(H,70,81)(H,75,82)(H,83,84)(H,71,72,73,74). The molecule has 1 saturated carbocycles. The molecule has 1 aliphatic carbocycles. The number of benzene rings is 4. The number of nitrogens with one attached hydrogen (secondary N) is 3. The Hall–Kier alpha value is -7.41. The summed E-state index contributed by atoms with van der Waals surface area (Å²) in [5.41, 5.74) is 10.1. The number of para-hydroxylation sites is 1. The average Bonchev–Trinajstić information content (AvgIpc) is 1.30. The van der Waals surface area contributed by atoms with Crippen LogP contribution >= 0.6 is 22.9 Å². The van der Waals surface area contributed by atoms with Gasteiger partial charge in [0.15, 0.2) is 5.13 Å². The van der Waals surface area contributed by atoms with Crippen LogP contribution < -0.4 is 41.1 Å². The Bertz CT molecular complexity index is 3700. The largest absolute Gasteiger partial charge is 0.478 e. The van der Waals surface area contributed by atoms with Crippen molar-refractivity contribution in [1.82, 2.24) is 30.1 Å². The van der Waals surface area contributed by atoms with Crippen molar-refractivity contribution in [3.63, 3.8) is 0 Å². The molecule has 0 spiro atoms. The number of thiazole rings is 1. The molecule has 2 aromatic heterocycles. The van der Waals surface area contributed by atoms with Gasteiger partial charge in [0.2, 0.25) is 5.91 Å². The molecule has 6 aromatic rings. The van der Waals surface area contributed by atoms with Crippen molar-refractivity contribution in [2.75, 3.05) is 92.4 Å². The lowest BCUT2D eigenvalue weighted by Gasteiger charge is -2.36. The molecular formula is C67H78ClN11O6S. The number of carbonyl (C=O) groups excluding carboxylic acids is 3. The van der Waals surface area contributed by atoms with Crippen LogP contribution in [0.3, 0.4) is 0 Å². The monoisotopic (exact) mass is 1200 g/mol. The number of halogens is 1. The minimum Gasteiger partial charge on any atom is -0.478 e. The third kappa shape index (κ3) is 12.7. The number of anilines is 5. The highest BCUT2D eigenvalue weighted by atomic mass is 35.5. The van der Waals surface area contributed by atoms with Crippen molar-refractivity contribution in [2.45, 2.75) is 124 Å². The highest BCUT2D eigenvalue weighted by molar-refractivity contribution is 7.17. The first kappa shape index (κ1) is 58.9. The number of hydrogen-bond donors (Lipinski definition) is 4. The van der Waals surface area contributed by atoms with E-state index in [1.807, 2.05) is 36.9 Å². The number of carboxylic acids is 1. The number of piperazine rings is 1. The molecule has 19 heteroatoms. The van der Waals surface area contributed by atoms with Crippen LogP contribution in [-0.4, -0.2) is 126 Å². The maximum absolute atomic E-state index is 14.6. The van der Waals surface area contributed by atoms with Gasteiger partial charge in [0.05, 0.1) is 34.4 Å². The zero-order chi connectivity index (χ0) is 59.4. The molecule has 86 heavy (non-hydrogen) atoms. The van der Waals surface area contributed by atoms with Gasteiger partial charge >= 0.3 is 5.97 Å². The number of aromatic nitrogens is 3. The van der Waals surface area contributed by atoms with Crippen LogP contribution in [0.2, 0.25) is 5.02 Å².